The van der Waals surface area contributed by atoms with Crippen LogP contribution >= 0.6 is 11.3 Å². The summed E-state index contributed by atoms with van der Waals surface area (Å²) in [6, 6.07) is 0. The summed E-state index contributed by atoms with van der Waals surface area (Å²) in [7, 11) is -3.48. The summed E-state index contributed by atoms with van der Waals surface area (Å²) in [6.45, 7) is 4.93. The van der Waals surface area contributed by atoms with E-state index in [1.807, 2.05) is 0 Å². The maximum absolute atomic E-state index is 11.9. The fraction of sp³-hybridized carbons (Fsp3) is 0.500. The highest BCUT2D eigenvalue weighted by Gasteiger charge is 2.26. The van der Waals surface area contributed by atoms with Gasteiger partial charge in [0.05, 0.1) is 12.2 Å². The standard InChI is InChI=1S/C12H17NO5S2/c1-5-18-12(15)9-7(2)6-19-11(9)13-10(14)8(3)20(4,16)17/h6,8H,5H2,1-4H3,(H,13,14)/t8-/m1/s1. The van der Waals surface area contributed by atoms with E-state index in [9.17, 15) is 18.0 Å². The Morgan fingerprint density at radius 1 is 1.45 bits per heavy atom. The maximum atomic E-state index is 11.9. The molecule has 0 spiro atoms. The highest BCUT2D eigenvalue weighted by atomic mass is 32.2. The van der Waals surface area contributed by atoms with E-state index >= 15 is 0 Å². The number of carbonyl (C=O) groups excluding carboxylic acids is 2. The lowest BCUT2D eigenvalue weighted by atomic mass is 10.2. The van der Waals surface area contributed by atoms with Crippen molar-refractivity contribution in [2.45, 2.75) is 26.0 Å². The lowest BCUT2D eigenvalue weighted by Crippen LogP contribution is -2.32. The molecule has 0 saturated carbocycles. The number of thiophene rings is 1. The first-order valence-corrected chi connectivity index (χ1v) is 8.76. The van der Waals surface area contributed by atoms with E-state index in [1.54, 1.807) is 19.2 Å². The number of hydrogen-bond donors (Lipinski definition) is 1. The van der Waals surface area contributed by atoms with Crippen LogP contribution in [0.3, 0.4) is 0 Å². The summed E-state index contributed by atoms with van der Waals surface area (Å²) >= 11 is 1.16. The van der Waals surface area contributed by atoms with Gasteiger partial charge in [0.2, 0.25) is 5.91 Å². The molecule has 1 N–H and O–H groups in total. The summed E-state index contributed by atoms with van der Waals surface area (Å²) in [4.78, 5) is 23.7. The largest absolute Gasteiger partial charge is 0.462 e. The van der Waals surface area contributed by atoms with Crippen LogP contribution in [0.15, 0.2) is 5.38 Å². The Morgan fingerprint density at radius 3 is 2.55 bits per heavy atom. The summed E-state index contributed by atoms with van der Waals surface area (Å²) < 4.78 is 27.6. The molecule has 112 valence electrons. The summed E-state index contributed by atoms with van der Waals surface area (Å²) in [5, 5.41) is 3.30. The molecule has 8 heteroatoms. The molecule has 1 aromatic rings. The fourth-order valence-electron chi connectivity index (χ4n) is 1.40. The maximum Gasteiger partial charge on any atom is 0.341 e. The van der Waals surface area contributed by atoms with Crippen molar-refractivity contribution in [2.75, 3.05) is 18.2 Å². The molecule has 0 aliphatic heterocycles. The van der Waals surface area contributed by atoms with E-state index in [0.717, 1.165) is 17.6 Å². The van der Waals surface area contributed by atoms with Crippen LogP contribution in [0.25, 0.3) is 0 Å². The van der Waals surface area contributed by atoms with Crippen LogP contribution in [0, 0.1) is 6.92 Å². The molecule has 0 fully saturated rings. The van der Waals surface area contributed by atoms with Crippen LogP contribution in [-0.4, -0.2) is 38.4 Å². The number of sulfone groups is 1. The number of carbonyl (C=O) groups is 2. The monoisotopic (exact) mass is 319 g/mol. The quantitative estimate of drug-likeness (QED) is 0.833. The number of nitrogens with one attached hydrogen (secondary N) is 1. The molecule has 1 rings (SSSR count). The van der Waals surface area contributed by atoms with Crippen molar-refractivity contribution in [1.29, 1.82) is 0 Å². The zero-order valence-corrected chi connectivity index (χ0v) is 13.4. The molecular weight excluding hydrogens is 302 g/mol. The Balaban J connectivity index is 3.00. The summed E-state index contributed by atoms with van der Waals surface area (Å²) in [6.07, 6.45) is 0.989. The third-order valence-corrected chi connectivity index (χ3v) is 5.21. The molecule has 0 bridgehead atoms. The van der Waals surface area contributed by atoms with Gasteiger partial charge in [0.15, 0.2) is 9.84 Å². The zero-order chi connectivity index (χ0) is 15.5. The SMILES string of the molecule is CCOC(=O)c1c(C)csc1NC(=O)[C@@H](C)S(C)(=O)=O. The Hall–Kier alpha value is -1.41. The van der Waals surface area contributed by atoms with Gasteiger partial charge < -0.3 is 10.1 Å². The number of hydrogen-bond acceptors (Lipinski definition) is 6. The highest BCUT2D eigenvalue weighted by Crippen LogP contribution is 2.28. The molecule has 0 radical (unpaired) electrons. The molecule has 1 heterocycles. The number of esters is 1. The molecule has 6 nitrogen and oxygen atoms in total. The van der Waals surface area contributed by atoms with Gasteiger partial charge in [-0.15, -0.1) is 11.3 Å². The van der Waals surface area contributed by atoms with Gasteiger partial charge in [-0.05, 0) is 31.7 Å². The van der Waals surface area contributed by atoms with Crippen molar-refractivity contribution in [3.8, 4) is 0 Å². The molecule has 0 saturated heterocycles. The first-order valence-electron chi connectivity index (χ1n) is 5.93. The third-order valence-electron chi connectivity index (χ3n) is 2.70. The van der Waals surface area contributed by atoms with Crippen LogP contribution in [0.1, 0.15) is 29.8 Å². The van der Waals surface area contributed by atoms with Crippen LogP contribution in [0.2, 0.25) is 0 Å². The van der Waals surface area contributed by atoms with E-state index in [-0.39, 0.29) is 12.2 Å². The van der Waals surface area contributed by atoms with Crippen molar-refractivity contribution in [2.24, 2.45) is 0 Å². The molecule has 0 aliphatic rings. The Morgan fingerprint density at radius 2 is 2.05 bits per heavy atom. The molecule has 1 amide bonds. The average molecular weight is 319 g/mol. The predicted octanol–water partition coefficient (Wildman–Crippen LogP) is 1.60. The highest BCUT2D eigenvalue weighted by molar-refractivity contribution is 7.92. The number of amides is 1. The van der Waals surface area contributed by atoms with E-state index in [1.165, 1.54) is 6.92 Å². The molecule has 1 aromatic heterocycles. The van der Waals surface area contributed by atoms with Crippen LogP contribution in [-0.2, 0) is 19.4 Å². The minimum absolute atomic E-state index is 0.223. The van der Waals surface area contributed by atoms with Gasteiger partial charge in [0.1, 0.15) is 10.3 Å². The summed E-state index contributed by atoms with van der Waals surface area (Å²) in [5.74, 6) is -1.20. The predicted molar refractivity (Wildman–Crippen MR) is 77.9 cm³/mol. The second-order valence-corrected chi connectivity index (χ2v) is 7.55. The van der Waals surface area contributed by atoms with Crippen molar-refractivity contribution >= 4 is 38.1 Å². The minimum atomic E-state index is -3.48. The number of aryl methyl sites for hydroxylation is 1. The smallest absolute Gasteiger partial charge is 0.341 e. The van der Waals surface area contributed by atoms with Crippen LogP contribution in [0.5, 0.6) is 0 Å². The Labute approximate surface area is 122 Å². The van der Waals surface area contributed by atoms with Crippen molar-refractivity contribution in [1.82, 2.24) is 0 Å². The fourth-order valence-corrected chi connectivity index (χ4v) is 2.78. The van der Waals surface area contributed by atoms with Crippen molar-refractivity contribution in [3.05, 3.63) is 16.5 Å². The topological polar surface area (TPSA) is 89.5 Å². The normalized spacial score (nSPS) is 12.8. The molecular formula is C12H17NO5S2. The first-order chi connectivity index (χ1) is 9.18. The average Bonchev–Trinajstić information content (AvgIpc) is 2.68. The lowest BCUT2D eigenvalue weighted by Gasteiger charge is -2.11. The second kappa shape index (κ2) is 6.36. The van der Waals surface area contributed by atoms with Gasteiger partial charge in [0.25, 0.3) is 0 Å². The molecule has 20 heavy (non-hydrogen) atoms. The first kappa shape index (κ1) is 16.6. The van der Waals surface area contributed by atoms with Gasteiger partial charge in [-0.1, -0.05) is 0 Å². The van der Waals surface area contributed by atoms with Crippen LogP contribution in [0.4, 0.5) is 5.00 Å². The van der Waals surface area contributed by atoms with E-state index in [4.69, 9.17) is 4.74 Å². The van der Waals surface area contributed by atoms with E-state index in [2.05, 4.69) is 5.32 Å². The van der Waals surface area contributed by atoms with Crippen molar-refractivity contribution < 1.29 is 22.7 Å². The summed E-state index contributed by atoms with van der Waals surface area (Å²) in [5.41, 5.74) is 0.946. The van der Waals surface area contributed by atoms with Gasteiger partial charge in [-0.3, -0.25) is 4.79 Å². The second-order valence-electron chi connectivity index (χ2n) is 4.30. The molecule has 1 atom stereocenters. The number of anilines is 1. The molecule has 0 aliphatic carbocycles. The van der Waals surface area contributed by atoms with E-state index in [0.29, 0.717) is 10.6 Å². The lowest BCUT2D eigenvalue weighted by molar-refractivity contribution is -0.115. The van der Waals surface area contributed by atoms with Crippen LogP contribution < -0.4 is 5.32 Å². The van der Waals surface area contributed by atoms with Gasteiger partial charge in [-0.25, -0.2) is 13.2 Å². The third kappa shape index (κ3) is 3.80. The van der Waals surface area contributed by atoms with Crippen molar-refractivity contribution in [3.63, 3.8) is 0 Å². The minimum Gasteiger partial charge on any atom is -0.462 e. The molecule has 0 unspecified atom stereocenters. The van der Waals surface area contributed by atoms with Gasteiger partial charge >= 0.3 is 5.97 Å². The number of rotatable bonds is 5. The molecule has 0 aromatic carbocycles. The Bertz CT molecular complexity index is 618. The zero-order valence-electron chi connectivity index (χ0n) is 11.7. The van der Waals surface area contributed by atoms with Gasteiger partial charge in [0, 0.05) is 6.26 Å². The Kier molecular flexibility index (Phi) is 5.29. The number of ether oxygens (including phenoxy) is 1. The van der Waals surface area contributed by atoms with Gasteiger partial charge in [-0.2, -0.15) is 0 Å². The van der Waals surface area contributed by atoms with E-state index < -0.39 is 27.0 Å².